The minimum atomic E-state index is -0.357. The Bertz CT molecular complexity index is 1410. The van der Waals surface area contributed by atoms with Crippen LogP contribution < -0.4 is 5.63 Å². The van der Waals surface area contributed by atoms with Gasteiger partial charge in [0.2, 0.25) is 0 Å². The normalized spacial score (nSPS) is 11.1. The summed E-state index contributed by atoms with van der Waals surface area (Å²) in [5, 5.41) is 1.81. The van der Waals surface area contributed by atoms with Crippen LogP contribution in [0.25, 0.3) is 43.2 Å². The molecule has 0 amide bonds. The van der Waals surface area contributed by atoms with Gasteiger partial charge in [0.1, 0.15) is 10.6 Å². The quantitative estimate of drug-likeness (QED) is 0.305. The maximum atomic E-state index is 13.0. The smallest absolute Gasteiger partial charge is 0.346 e. The number of nitrogens with zero attached hydrogens (tertiary/aromatic N) is 1. The highest BCUT2D eigenvalue weighted by molar-refractivity contribution is 7.19. The van der Waals surface area contributed by atoms with E-state index in [0.717, 1.165) is 32.0 Å². The van der Waals surface area contributed by atoms with Crippen LogP contribution in [0, 0.1) is 13.8 Å². The summed E-state index contributed by atoms with van der Waals surface area (Å²) >= 11 is 1.60. The largest absolute Gasteiger partial charge is 0.422 e. The van der Waals surface area contributed by atoms with Crippen molar-refractivity contribution in [2.24, 2.45) is 0 Å². The van der Waals surface area contributed by atoms with E-state index in [4.69, 9.17) is 9.40 Å². The van der Waals surface area contributed by atoms with Crippen LogP contribution in [-0.4, -0.2) is 4.98 Å². The number of para-hydroxylation sites is 1. The molecule has 2 aromatic heterocycles. The summed E-state index contributed by atoms with van der Waals surface area (Å²) in [6.07, 6.45) is 0. The van der Waals surface area contributed by atoms with E-state index in [1.807, 2.05) is 61.5 Å². The van der Waals surface area contributed by atoms with Crippen molar-refractivity contribution >= 4 is 22.3 Å². The maximum Gasteiger partial charge on any atom is 0.346 e. The summed E-state index contributed by atoms with van der Waals surface area (Å²) in [6, 6.07) is 26.0. The summed E-state index contributed by atoms with van der Waals surface area (Å²) in [5.74, 6) is 0. The first kappa shape index (κ1) is 18.5. The van der Waals surface area contributed by atoms with Crippen molar-refractivity contribution in [1.29, 1.82) is 0 Å². The third-order valence-electron chi connectivity index (χ3n) is 5.27. The van der Waals surface area contributed by atoms with Gasteiger partial charge in [-0.15, -0.1) is 11.3 Å². The Labute approximate surface area is 178 Å². The fourth-order valence-electron chi connectivity index (χ4n) is 3.67. The number of thiazole rings is 1. The number of hydrogen-bond acceptors (Lipinski definition) is 4. The van der Waals surface area contributed by atoms with Crippen molar-refractivity contribution in [3.8, 4) is 32.3 Å². The van der Waals surface area contributed by atoms with Gasteiger partial charge >= 0.3 is 5.63 Å². The molecule has 3 aromatic carbocycles. The van der Waals surface area contributed by atoms with E-state index in [0.29, 0.717) is 16.8 Å². The molecule has 0 atom stereocenters. The molecule has 2 heterocycles. The fourth-order valence-corrected chi connectivity index (χ4v) is 4.76. The molecule has 0 aliphatic heterocycles. The topological polar surface area (TPSA) is 43.1 Å². The van der Waals surface area contributed by atoms with Crippen LogP contribution in [0.2, 0.25) is 0 Å². The van der Waals surface area contributed by atoms with Gasteiger partial charge in [-0.1, -0.05) is 78.4 Å². The first-order valence-corrected chi connectivity index (χ1v) is 10.6. The average Bonchev–Trinajstić information content (AvgIpc) is 3.20. The summed E-state index contributed by atoms with van der Waals surface area (Å²) in [6.45, 7) is 4.03. The third kappa shape index (κ3) is 3.15. The second-order valence-electron chi connectivity index (χ2n) is 7.31. The first-order valence-electron chi connectivity index (χ1n) is 9.78. The lowest BCUT2D eigenvalue weighted by Crippen LogP contribution is -2.07. The molecule has 0 saturated heterocycles. The first-order chi connectivity index (χ1) is 14.6. The molecule has 5 aromatic rings. The Morgan fingerprint density at radius 3 is 2.27 bits per heavy atom. The van der Waals surface area contributed by atoms with Crippen molar-refractivity contribution < 1.29 is 4.42 Å². The van der Waals surface area contributed by atoms with Crippen LogP contribution >= 0.6 is 11.3 Å². The average molecular weight is 410 g/mol. The van der Waals surface area contributed by atoms with E-state index in [2.05, 4.69) is 31.2 Å². The second-order valence-corrected chi connectivity index (χ2v) is 8.31. The fraction of sp³-hybridized carbons (Fsp3) is 0.0769. The minimum absolute atomic E-state index is 0.357. The van der Waals surface area contributed by atoms with E-state index >= 15 is 0 Å². The molecule has 4 heteroatoms. The molecule has 30 heavy (non-hydrogen) atoms. The van der Waals surface area contributed by atoms with Gasteiger partial charge in [0.15, 0.2) is 0 Å². The van der Waals surface area contributed by atoms with Gasteiger partial charge in [-0.25, -0.2) is 9.78 Å². The van der Waals surface area contributed by atoms with E-state index in [1.165, 1.54) is 5.56 Å². The molecule has 146 valence electrons. The van der Waals surface area contributed by atoms with E-state index < -0.39 is 0 Å². The van der Waals surface area contributed by atoms with E-state index in [-0.39, 0.29) is 5.63 Å². The lowest BCUT2D eigenvalue weighted by atomic mass is 10.0. The Morgan fingerprint density at radius 2 is 1.50 bits per heavy atom. The van der Waals surface area contributed by atoms with Gasteiger partial charge in [-0.3, -0.25) is 0 Å². The van der Waals surface area contributed by atoms with Crippen LogP contribution in [0.4, 0.5) is 0 Å². The molecule has 0 N–H and O–H groups in total. The summed E-state index contributed by atoms with van der Waals surface area (Å²) in [4.78, 5) is 18.9. The highest BCUT2D eigenvalue weighted by Gasteiger charge is 2.22. The number of fused-ring (bicyclic) bond motifs is 1. The zero-order valence-corrected chi connectivity index (χ0v) is 17.5. The Balaban J connectivity index is 1.81. The van der Waals surface area contributed by atoms with Crippen LogP contribution in [0.3, 0.4) is 0 Å². The number of aryl methyl sites for hydroxylation is 2. The molecule has 0 radical (unpaired) electrons. The maximum absolute atomic E-state index is 13.0. The number of hydrogen-bond donors (Lipinski definition) is 0. The van der Waals surface area contributed by atoms with E-state index in [9.17, 15) is 4.79 Å². The van der Waals surface area contributed by atoms with Gasteiger partial charge in [0, 0.05) is 10.9 Å². The second kappa shape index (κ2) is 7.39. The lowest BCUT2D eigenvalue weighted by Gasteiger charge is -2.08. The molecule has 3 nitrogen and oxygen atoms in total. The molecular formula is C26H19NO2S. The zero-order chi connectivity index (χ0) is 20.7. The van der Waals surface area contributed by atoms with Crippen LogP contribution in [-0.2, 0) is 0 Å². The van der Waals surface area contributed by atoms with Crippen LogP contribution in [0.15, 0.2) is 88.1 Å². The Kier molecular flexibility index (Phi) is 4.57. The van der Waals surface area contributed by atoms with Crippen molar-refractivity contribution in [3.63, 3.8) is 0 Å². The number of rotatable bonds is 3. The molecule has 0 saturated carbocycles. The van der Waals surface area contributed by atoms with Gasteiger partial charge in [0.05, 0.1) is 16.1 Å². The van der Waals surface area contributed by atoms with E-state index in [1.54, 1.807) is 11.3 Å². The van der Waals surface area contributed by atoms with Gasteiger partial charge in [-0.05, 0) is 31.0 Å². The molecule has 0 aliphatic rings. The Hall–Kier alpha value is -3.50. The molecule has 0 unspecified atom stereocenters. The Morgan fingerprint density at radius 1 is 0.800 bits per heavy atom. The molecule has 0 bridgehead atoms. The van der Waals surface area contributed by atoms with Crippen LogP contribution in [0.1, 0.15) is 11.1 Å². The summed E-state index contributed by atoms with van der Waals surface area (Å²) < 4.78 is 5.66. The monoisotopic (exact) mass is 409 g/mol. The molecule has 0 fully saturated rings. The standard InChI is InChI=1S/C26H19NO2S/c1-16-12-14-18(15-13-16)24-23(27-25(30-24)19-8-4-3-5-9-19)22-17(2)20-10-6-7-11-21(20)29-26(22)28/h3-15H,1-2H3. The van der Waals surface area contributed by atoms with Gasteiger partial charge < -0.3 is 4.42 Å². The zero-order valence-electron chi connectivity index (χ0n) is 16.7. The van der Waals surface area contributed by atoms with Crippen LogP contribution in [0.5, 0.6) is 0 Å². The molecule has 0 aliphatic carbocycles. The SMILES string of the molecule is Cc1ccc(-c2sc(-c3ccccc3)nc2-c2c(C)c3ccccc3oc2=O)cc1. The molecular weight excluding hydrogens is 390 g/mol. The van der Waals surface area contributed by atoms with Crippen molar-refractivity contribution in [2.75, 3.05) is 0 Å². The van der Waals surface area contributed by atoms with Gasteiger partial charge in [-0.2, -0.15) is 0 Å². The van der Waals surface area contributed by atoms with Crippen molar-refractivity contribution in [1.82, 2.24) is 4.98 Å². The highest BCUT2D eigenvalue weighted by atomic mass is 32.1. The predicted molar refractivity (Wildman–Crippen MR) is 124 cm³/mol. The van der Waals surface area contributed by atoms with Crippen molar-refractivity contribution in [2.45, 2.75) is 13.8 Å². The number of benzene rings is 3. The molecule has 5 rings (SSSR count). The highest BCUT2D eigenvalue weighted by Crippen LogP contribution is 2.41. The number of aromatic nitrogens is 1. The minimum Gasteiger partial charge on any atom is -0.422 e. The van der Waals surface area contributed by atoms with Gasteiger partial charge in [0.25, 0.3) is 0 Å². The van der Waals surface area contributed by atoms with Crippen molar-refractivity contribution in [3.05, 3.63) is 100 Å². The summed E-state index contributed by atoms with van der Waals surface area (Å²) in [5.41, 5.74) is 5.60. The lowest BCUT2D eigenvalue weighted by molar-refractivity contribution is 0.562. The third-order valence-corrected chi connectivity index (χ3v) is 6.42. The predicted octanol–water partition coefficient (Wildman–Crippen LogP) is 6.87. The summed E-state index contributed by atoms with van der Waals surface area (Å²) in [7, 11) is 0. The molecule has 0 spiro atoms.